The van der Waals surface area contributed by atoms with Crippen molar-refractivity contribution in [1.82, 2.24) is 0 Å². The van der Waals surface area contributed by atoms with E-state index in [0.717, 1.165) is 97.0 Å². The largest absolute Gasteiger partial charge is 0.472 e. The number of carbonyl (C=O) groups is 2. The minimum Gasteiger partial charge on any atom is -0.462 e. The highest BCUT2D eigenvalue weighted by Gasteiger charge is 2.24. The zero-order valence-corrected chi connectivity index (χ0v) is 32.4. The lowest BCUT2D eigenvalue weighted by atomic mass is 10.1. The lowest BCUT2D eigenvalue weighted by Gasteiger charge is -2.19. The van der Waals surface area contributed by atoms with E-state index >= 15 is 0 Å². The maximum Gasteiger partial charge on any atom is 0.472 e. The minimum absolute atomic E-state index is 0.200. The first-order valence-electron chi connectivity index (χ1n) is 19.1. The molecule has 0 amide bonds. The molecule has 8 nitrogen and oxygen atoms in total. The lowest BCUT2D eigenvalue weighted by molar-refractivity contribution is -0.161. The van der Waals surface area contributed by atoms with Crippen molar-refractivity contribution >= 4 is 19.8 Å². The number of carbonyl (C=O) groups excluding carboxylic acids is 2. The Morgan fingerprint density at radius 1 is 0.580 bits per heavy atom. The molecule has 1 N–H and O–H groups in total. The highest BCUT2D eigenvalue weighted by atomic mass is 31.2. The van der Waals surface area contributed by atoms with Gasteiger partial charge in [-0.3, -0.25) is 18.6 Å². The number of allylic oxidation sites excluding steroid dienone is 12. The summed E-state index contributed by atoms with van der Waals surface area (Å²) in [5, 5.41) is 0. The van der Waals surface area contributed by atoms with E-state index in [1.54, 1.807) is 0 Å². The zero-order chi connectivity index (χ0) is 36.8. The van der Waals surface area contributed by atoms with E-state index in [9.17, 15) is 19.0 Å². The molecule has 0 saturated heterocycles. The van der Waals surface area contributed by atoms with Gasteiger partial charge in [0.05, 0.1) is 6.61 Å². The molecule has 0 fully saturated rings. The molecule has 0 aromatic rings. The van der Waals surface area contributed by atoms with Gasteiger partial charge >= 0.3 is 19.8 Å². The highest BCUT2D eigenvalue weighted by Crippen LogP contribution is 2.42. The Morgan fingerprint density at radius 3 is 1.56 bits per heavy atom. The number of unbranched alkanes of at least 4 members (excludes halogenated alkanes) is 11. The van der Waals surface area contributed by atoms with Crippen molar-refractivity contribution in [2.24, 2.45) is 0 Å². The quantitative estimate of drug-likeness (QED) is 0.0303. The predicted octanol–water partition coefficient (Wildman–Crippen LogP) is 11.8. The van der Waals surface area contributed by atoms with Crippen LogP contribution in [0.15, 0.2) is 72.9 Å². The smallest absolute Gasteiger partial charge is 0.462 e. The second-order valence-electron chi connectivity index (χ2n) is 12.3. The van der Waals surface area contributed by atoms with Gasteiger partial charge in [0.2, 0.25) is 0 Å². The average molecular weight is 721 g/mol. The summed E-state index contributed by atoms with van der Waals surface area (Å²) >= 11 is 0. The van der Waals surface area contributed by atoms with E-state index < -0.39 is 32.5 Å². The predicted molar refractivity (Wildman–Crippen MR) is 207 cm³/mol. The van der Waals surface area contributed by atoms with Crippen molar-refractivity contribution in [2.75, 3.05) is 20.3 Å². The van der Waals surface area contributed by atoms with Crippen LogP contribution in [-0.4, -0.2) is 43.3 Å². The Labute approximate surface area is 304 Å². The fraction of sp³-hybridized carbons (Fsp3) is 0.659. The zero-order valence-electron chi connectivity index (χ0n) is 31.5. The monoisotopic (exact) mass is 720 g/mol. The van der Waals surface area contributed by atoms with Crippen molar-refractivity contribution in [1.29, 1.82) is 0 Å². The molecule has 0 aromatic heterocycles. The van der Waals surface area contributed by atoms with E-state index in [1.807, 2.05) is 0 Å². The molecule has 0 aliphatic heterocycles. The van der Waals surface area contributed by atoms with Crippen LogP contribution in [0, 0.1) is 0 Å². The molecule has 0 aromatic carbocycles. The van der Waals surface area contributed by atoms with Crippen molar-refractivity contribution in [3.63, 3.8) is 0 Å². The normalized spacial score (nSPS) is 14.2. The van der Waals surface area contributed by atoms with Crippen LogP contribution in [0.25, 0.3) is 0 Å². The van der Waals surface area contributed by atoms with Gasteiger partial charge < -0.3 is 14.4 Å². The van der Waals surface area contributed by atoms with Crippen molar-refractivity contribution in [2.45, 2.75) is 155 Å². The number of phosphoric ester groups is 1. The number of phosphoric acid groups is 1. The summed E-state index contributed by atoms with van der Waals surface area (Å²) in [4.78, 5) is 34.3. The number of ether oxygens (including phenoxy) is 2. The fourth-order valence-electron chi connectivity index (χ4n) is 4.74. The van der Waals surface area contributed by atoms with Crippen LogP contribution in [0.3, 0.4) is 0 Å². The Balaban J connectivity index is 4.16. The fourth-order valence-corrected chi connectivity index (χ4v) is 5.20. The summed E-state index contributed by atoms with van der Waals surface area (Å²) < 4.78 is 31.8. The Kier molecular flexibility index (Phi) is 34.5. The van der Waals surface area contributed by atoms with Gasteiger partial charge in [-0.25, -0.2) is 4.57 Å². The molecule has 0 saturated carbocycles. The molecule has 0 bridgehead atoms. The molecule has 0 heterocycles. The highest BCUT2D eigenvalue weighted by molar-refractivity contribution is 7.47. The van der Waals surface area contributed by atoms with E-state index in [-0.39, 0.29) is 19.4 Å². The van der Waals surface area contributed by atoms with Crippen molar-refractivity contribution in [3.8, 4) is 0 Å². The first kappa shape index (κ1) is 47.5. The maximum absolute atomic E-state index is 12.5. The standard InChI is InChI=1S/C41H69O8P/c1-4-6-8-10-12-14-16-18-19-20-21-22-23-24-26-28-30-32-34-36-41(43)49-39(38-48-50(44,45)46-3)37-47-40(42)35-33-31-29-27-25-17-15-13-11-9-7-5-2/h6,8,12-15,18-19,21-22,24,26,39H,4-5,7,9-11,16-17,20,23,25,27-38H2,1-3H3,(H,44,45)/b8-6-,14-12-,15-13-,19-18-,22-21-,26-24-. The molecule has 0 radical (unpaired) electrons. The number of hydrogen-bond acceptors (Lipinski definition) is 7. The lowest BCUT2D eigenvalue weighted by Crippen LogP contribution is -2.29. The third-order valence-electron chi connectivity index (χ3n) is 7.68. The van der Waals surface area contributed by atoms with Crippen LogP contribution in [-0.2, 0) is 32.7 Å². The van der Waals surface area contributed by atoms with Gasteiger partial charge in [0.25, 0.3) is 0 Å². The summed E-state index contributed by atoms with van der Waals surface area (Å²) in [7, 11) is -3.22. The maximum atomic E-state index is 12.5. The minimum atomic E-state index is -4.27. The van der Waals surface area contributed by atoms with Gasteiger partial charge in [-0.15, -0.1) is 0 Å². The summed E-state index contributed by atoms with van der Waals surface area (Å²) in [6.07, 6.45) is 45.2. The average Bonchev–Trinajstić information content (AvgIpc) is 3.10. The molecule has 50 heavy (non-hydrogen) atoms. The molecule has 0 spiro atoms. The van der Waals surface area contributed by atoms with Gasteiger partial charge in [0, 0.05) is 20.0 Å². The summed E-state index contributed by atoms with van der Waals surface area (Å²) in [5.41, 5.74) is 0. The second kappa shape index (κ2) is 36.3. The number of esters is 2. The first-order chi connectivity index (χ1) is 24.3. The van der Waals surface area contributed by atoms with E-state index in [0.29, 0.717) is 6.42 Å². The number of rotatable bonds is 34. The van der Waals surface area contributed by atoms with Crippen LogP contribution in [0.2, 0.25) is 0 Å². The third-order valence-corrected chi connectivity index (χ3v) is 8.62. The molecule has 0 rings (SSSR count). The summed E-state index contributed by atoms with van der Waals surface area (Å²) in [5.74, 6) is -0.861. The molecule has 286 valence electrons. The number of hydrogen-bond donors (Lipinski definition) is 1. The summed E-state index contributed by atoms with van der Waals surface area (Å²) in [6, 6.07) is 0. The third kappa shape index (κ3) is 35.3. The SMILES string of the molecule is CC/C=C\C/C=C\C/C=C\C/C=C\C/C=C\CCCCCC(=O)OC(COC(=O)CCCCCCC/C=C\CCCCC)COP(=O)(O)OC. The van der Waals surface area contributed by atoms with Crippen molar-refractivity contribution < 1.29 is 37.6 Å². The van der Waals surface area contributed by atoms with E-state index in [1.165, 1.54) is 25.7 Å². The van der Waals surface area contributed by atoms with E-state index in [2.05, 4.69) is 91.3 Å². The second-order valence-corrected chi connectivity index (χ2v) is 13.9. The molecule has 0 aliphatic carbocycles. The molecular weight excluding hydrogens is 651 g/mol. The van der Waals surface area contributed by atoms with E-state index in [4.69, 9.17) is 14.0 Å². The van der Waals surface area contributed by atoms with Crippen molar-refractivity contribution in [3.05, 3.63) is 72.9 Å². The van der Waals surface area contributed by atoms with Crippen LogP contribution in [0.4, 0.5) is 0 Å². The Hall–Kier alpha value is -2.51. The van der Waals surface area contributed by atoms with Crippen LogP contribution in [0.5, 0.6) is 0 Å². The molecular formula is C41H69O8P. The first-order valence-corrected chi connectivity index (χ1v) is 20.6. The Morgan fingerprint density at radius 2 is 1.02 bits per heavy atom. The molecule has 2 atom stereocenters. The van der Waals surface area contributed by atoms with Gasteiger partial charge in [-0.2, -0.15) is 0 Å². The van der Waals surface area contributed by atoms with Gasteiger partial charge in [-0.1, -0.05) is 125 Å². The van der Waals surface area contributed by atoms with Crippen LogP contribution < -0.4 is 0 Å². The van der Waals surface area contributed by atoms with Crippen LogP contribution in [0.1, 0.15) is 149 Å². The van der Waals surface area contributed by atoms with Gasteiger partial charge in [0.1, 0.15) is 6.61 Å². The van der Waals surface area contributed by atoms with Crippen LogP contribution >= 0.6 is 7.82 Å². The molecule has 2 unspecified atom stereocenters. The van der Waals surface area contributed by atoms with Gasteiger partial charge in [-0.05, 0) is 83.5 Å². The Bertz CT molecular complexity index is 1040. The van der Waals surface area contributed by atoms with Gasteiger partial charge in [0.15, 0.2) is 6.10 Å². The summed E-state index contributed by atoms with van der Waals surface area (Å²) in [6.45, 7) is 3.69. The molecule has 9 heteroatoms. The molecule has 0 aliphatic rings. The topological polar surface area (TPSA) is 108 Å².